The first-order chi connectivity index (χ1) is 13.6. The molecule has 0 radical (unpaired) electrons. The second kappa shape index (κ2) is 7.88. The van der Waals surface area contributed by atoms with Crippen molar-refractivity contribution in [3.8, 4) is 5.69 Å². The van der Waals surface area contributed by atoms with Crippen LogP contribution in [-0.4, -0.2) is 26.8 Å². The van der Waals surface area contributed by atoms with Crippen molar-refractivity contribution in [2.24, 2.45) is 0 Å². The maximum absolute atomic E-state index is 12.8. The highest BCUT2D eigenvalue weighted by atomic mass is 79.9. The highest BCUT2D eigenvalue weighted by Crippen LogP contribution is 2.33. The topological polar surface area (TPSA) is 84.2 Å². The number of nitrogens with one attached hydrogen (secondary N) is 1. The molecule has 6 nitrogen and oxygen atoms in total. The van der Waals surface area contributed by atoms with Crippen molar-refractivity contribution in [1.29, 1.82) is 0 Å². The summed E-state index contributed by atoms with van der Waals surface area (Å²) in [6.45, 7) is 0. The average Bonchev–Trinajstić information content (AvgIpc) is 2.98. The van der Waals surface area contributed by atoms with Crippen LogP contribution < -0.4 is 5.32 Å². The number of alkyl halides is 3. The molecule has 2 N–H and O–H groups in total. The Balaban J connectivity index is 2.06. The lowest BCUT2D eigenvalue weighted by Crippen LogP contribution is -2.16. The highest BCUT2D eigenvalue weighted by Gasteiger charge is 2.30. The van der Waals surface area contributed by atoms with E-state index >= 15 is 0 Å². The average molecular weight is 489 g/mol. The molecule has 29 heavy (non-hydrogen) atoms. The van der Waals surface area contributed by atoms with Crippen molar-refractivity contribution in [3.63, 3.8) is 0 Å². The van der Waals surface area contributed by atoms with E-state index in [2.05, 4.69) is 26.3 Å². The number of amides is 1. The molecule has 1 aromatic heterocycles. The number of hydrogen-bond acceptors (Lipinski definition) is 3. The van der Waals surface area contributed by atoms with Gasteiger partial charge in [0, 0.05) is 0 Å². The Kier molecular flexibility index (Phi) is 5.67. The van der Waals surface area contributed by atoms with Gasteiger partial charge in [-0.25, -0.2) is 9.48 Å². The Morgan fingerprint density at radius 1 is 1.10 bits per heavy atom. The van der Waals surface area contributed by atoms with E-state index in [1.807, 2.05) is 0 Å². The van der Waals surface area contributed by atoms with Crippen molar-refractivity contribution in [1.82, 2.24) is 9.78 Å². The first-order valence-electron chi connectivity index (χ1n) is 7.85. The lowest BCUT2D eigenvalue weighted by Gasteiger charge is -2.12. The third kappa shape index (κ3) is 4.28. The molecule has 0 fully saturated rings. The van der Waals surface area contributed by atoms with Crippen LogP contribution in [0, 0.1) is 0 Å². The van der Waals surface area contributed by atoms with Crippen molar-refractivity contribution < 1.29 is 27.9 Å². The van der Waals surface area contributed by atoms with E-state index in [1.165, 1.54) is 12.1 Å². The second-order valence-electron chi connectivity index (χ2n) is 5.71. The standard InChI is InChI=1S/C18H10BrClF3N3O3/c19-13-14(17(28)29)25-26(10-7-5-9(6-8-10)18(21,22)23)15(13)24-16(27)11-3-1-2-4-12(11)20/h1-8H,(H,24,27)(H,28,29). The first-order valence-corrected chi connectivity index (χ1v) is 9.02. The summed E-state index contributed by atoms with van der Waals surface area (Å²) in [5.41, 5.74) is -1.08. The van der Waals surface area contributed by atoms with E-state index in [-0.39, 0.29) is 26.6 Å². The molecule has 0 saturated carbocycles. The third-order valence-electron chi connectivity index (χ3n) is 3.82. The predicted molar refractivity (Wildman–Crippen MR) is 103 cm³/mol. The van der Waals surface area contributed by atoms with Crippen LogP contribution in [0.15, 0.2) is 53.0 Å². The number of carboxylic acids is 1. The number of nitrogens with zero attached hydrogens (tertiary/aromatic N) is 2. The van der Waals surface area contributed by atoms with Crippen LogP contribution in [0.2, 0.25) is 5.02 Å². The van der Waals surface area contributed by atoms with Gasteiger partial charge in [0.25, 0.3) is 5.91 Å². The van der Waals surface area contributed by atoms with E-state index < -0.39 is 29.3 Å². The molecule has 0 aliphatic carbocycles. The Labute approximate surface area is 175 Å². The fourth-order valence-corrected chi connectivity index (χ4v) is 3.18. The lowest BCUT2D eigenvalue weighted by molar-refractivity contribution is -0.137. The summed E-state index contributed by atoms with van der Waals surface area (Å²) in [6.07, 6.45) is -4.53. The van der Waals surface area contributed by atoms with E-state index in [0.29, 0.717) is 0 Å². The van der Waals surface area contributed by atoms with Gasteiger partial charge in [-0.05, 0) is 52.3 Å². The van der Waals surface area contributed by atoms with Crippen LogP contribution in [0.4, 0.5) is 19.0 Å². The van der Waals surface area contributed by atoms with Gasteiger partial charge in [-0.2, -0.15) is 18.3 Å². The summed E-state index contributed by atoms with van der Waals surface area (Å²) in [5, 5.41) is 15.9. The molecule has 0 aliphatic heterocycles. The fourth-order valence-electron chi connectivity index (χ4n) is 2.44. The summed E-state index contributed by atoms with van der Waals surface area (Å²) < 4.78 is 39.4. The van der Waals surface area contributed by atoms with Gasteiger partial charge < -0.3 is 10.4 Å². The Hall–Kier alpha value is -2.85. The number of carbonyl (C=O) groups is 2. The number of anilines is 1. The summed E-state index contributed by atoms with van der Waals surface area (Å²) in [5.74, 6) is -2.12. The molecule has 0 saturated heterocycles. The van der Waals surface area contributed by atoms with Crippen LogP contribution in [-0.2, 0) is 6.18 Å². The molecule has 0 aliphatic rings. The molecule has 1 heterocycles. The van der Waals surface area contributed by atoms with E-state index in [4.69, 9.17) is 11.6 Å². The zero-order valence-electron chi connectivity index (χ0n) is 14.2. The zero-order chi connectivity index (χ0) is 21.3. The second-order valence-corrected chi connectivity index (χ2v) is 6.91. The van der Waals surface area contributed by atoms with Gasteiger partial charge in [0.05, 0.1) is 26.3 Å². The molecule has 1 amide bonds. The molecule has 0 atom stereocenters. The predicted octanol–water partition coefficient (Wildman–Crippen LogP) is 5.26. The molecular formula is C18H10BrClF3N3O3. The van der Waals surface area contributed by atoms with E-state index in [0.717, 1.165) is 28.9 Å². The largest absolute Gasteiger partial charge is 0.476 e. The monoisotopic (exact) mass is 487 g/mol. The molecule has 2 aromatic carbocycles. The number of aromatic nitrogens is 2. The Morgan fingerprint density at radius 3 is 2.28 bits per heavy atom. The summed E-state index contributed by atoms with van der Waals surface area (Å²) in [7, 11) is 0. The first kappa shape index (κ1) is 20.9. The van der Waals surface area contributed by atoms with Gasteiger partial charge >= 0.3 is 12.1 Å². The van der Waals surface area contributed by atoms with E-state index in [1.54, 1.807) is 12.1 Å². The van der Waals surface area contributed by atoms with Gasteiger partial charge in [-0.1, -0.05) is 23.7 Å². The third-order valence-corrected chi connectivity index (χ3v) is 4.90. The maximum atomic E-state index is 12.8. The van der Waals surface area contributed by atoms with Crippen LogP contribution in [0.5, 0.6) is 0 Å². The molecular weight excluding hydrogens is 479 g/mol. The summed E-state index contributed by atoms with van der Waals surface area (Å²) >= 11 is 9.08. The number of halogens is 5. The number of carboxylic acid groups (broad SMARTS) is 1. The summed E-state index contributed by atoms with van der Waals surface area (Å²) in [6, 6.07) is 10.0. The van der Waals surface area contributed by atoms with Crippen LogP contribution in [0.1, 0.15) is 26.4 Å². The number of carbonyl (C=O) groups excluding carboxylic acids is 1. The van der Waals surface area contributed by atoms with Crippen LogP contribution in [0.3, 0.4) is 0 Å². The Morgan fingerprint density at radius 2 is 1.72 bits per heavy atom. The zero-order valence-corrected chi connectivity index (χ0v) is 16.5. The van der Waals surface area contributed by atoms with Crippen molar-refractivity contribution in [2.75, 3.05) is 5.32 Å². The van der Waals surface area contributed by atoms with Crippen molar-refractivity contribution in [3.05, 3.63) is 74.8 Å². The number of hydrogen-bond donors (Lipinski definition) is 2. The van der Waals surface area contributed by atoms with Crippen LogP contribution in [0.25, 0.3) is 5.69 Å². The Bertz CT molecular complexity index is 1100. The lowest BCUT2D eigenvalue weighted by atomic mass is 10.2. The van der Waals surface area contributed by atoms with Gasteiger partial charge in [0.2, 0.25) is 0 Å². The van der Waals surface area contributed by atoms with Crippen molar-refractivity contribution >= 4 is 45.2 Å². The fraction of sp³-hybridized carbons (Fsp3) is 0.0556. The number of aromatic carboxylic acids is 1. The molecule has 0 spiro atoms. The molecule has 3 aromatic rings. The molecule has 0 unspecified atom stereocenters. The minimum atomic E-state index is -4.53. The smallest absolute Gasteiger partial charge is 0.416 e. The molecule has 3 rings (SSSR count). The summed E-state index contributed by atoms with van der Waals surface area (Å²) in [4.78, 5) is 24.0. The van der Waals surface area contributed by atoms with Gasteiger partial charge in [0.1, 0.15) is 0 Å². The van der Waals surface area contributed by atoms with E-state index in [9.17, 15) is 27.9 Å². The number of benzene rings is 2. The SMILES string of the molecule is O=C(Nc1c(Br)c(C(=O)O)nn1-c1ccc(C(F)(F)F)cc1)c1ccccc1Cl. The minimum Gasteiger partial charge on any atom is -0.476 e. The molecule has 150 valence electrons. The van der Waals surface area contributed by atoms with Gasteiger partial charge in [-0.15, -0.1) is 0 Å². The van der Waals surface area contributed by atoms with Gasteiger partial charge in [0.15, 0.2) is 11.5 Å². The van der Waals surface area contributed by atoms with Crippen LogP contribution >= 0.6 is 27.5 Å². The highest BCUT2D eigenvalue weighted by molar-refractivity contribution is 9.10. The maximum Gasteiger partial charge on any atom is 0.416 e. The quantitative estimate of drug-likeness (QED) is 0.525. The molecule has 11 heteroatoms. The molecule has 0 bridgehead atoms. The minimum absolute atomic E-state index is 0.0506. The van der Waals surface area contributed by atoms with Gasteiger partial charge in [-0.3, -0.25) is 4.79 Å². The van der Waals surface area contributed by atoms with Crippen molar-refractivity contribution in [2.45, 2.75) is 6.18 Å². The normalized spacial score (nSPS) is 11.3. The number of rotatable bonds is 4.